The van der Waals surface area contributed by atoms with Gasteiger partial charge in [0.25, 0.3) is 0 Å². The van der Waals surface area contributed by atoms with Crippen LogP contribution < -0.4 is 4.74 Å². The molecule has 1 unspecified atom stereocenters. The van der Waals surface area contributed by atoms with E-state index in [1.165, 1.54) is 13.3 Å². The molecule has 0 amide bonds. The molecule has 0 radical (unpaired) electrons. The van der Waals surface area contributed by atoms with Gasteiger partial charge in [-0.2, -0.15) is 5.10 Å². The summed E-state index contributed by atoms with van der Waals surface area (Å²) in [6, 6.07) is 8.77. The maximum Gasteiger partial charge on any atom is 0.338 e. The molecule has 0 saturated carbocycles. The first-order chi connectivity index (χ1) is 15.2. The molecule has 0 aromatic carbocycles. The van der Waals surface area contributed by atoms with Gasteiger partial charge >= 0.3 is 5.97 Å². The Balaban J connectivity index is 1.33. The van der Waals surface area contributed by atoms with Gasteiger partial charge in [0.1, 0.15) is 30.0 Å². The van der Waals surface area contributed by atoms with Gasteiger partial charge in [0.2, 0.25) is 0 Å². The SMILES string of the molecule is COC(=O)c1ccnc(C#CCOc2ccc(-c3ccn(C4CCCCO4)n3)nc2)c1. The predicted octanol–water partition coefficient (Wildman–Crippen LogP) is 3.26. The Kier molecular flexibility index (Phi) is 6.55. The summed E-state index contributed by atoms with van der Waals surface area (Å²) in [7, 11) is 1.33. The van der Waals surface area contributed by atoms with E-state index in [1.807, 2.05) is 29.1 Å². The maximum atomic E-state index is 11.6. The molecule has 0 bridgehead atoms. The standard InChI is InChI=1S/C23H22N4O4/c1-29-23(28)17-9-11-24-18(15-17)5-4-14-30-19-7-8-20(25-16-19)21-10-12-27(26-21)22-6-2-3-13-31-22/h7-12,15-16,22H,2-3,6,13-14H2,1H3. The minimum Gasteiger partial charge on any atom is -0.479 e. The number of aromatic nitrogens is 4. The highest BCUT2D eigenvalue weighted by Crippen LogP contribution is 2.24. The molecule has 0 spiro atoms. The Hall–Kier alpha value is -3.70. The van der Waals surface area contributed by atoms with Crippen molar-refractivity contribution < 1.29 is 19.0 Å². The number of esters is 1. The summed E-state index contributed by atoms with van der Waals surface area (Å²) in [6.45, 7) is 0.943. The fourth-order valence-electron chi connectivity index (χ4n) is 3.17. The van der Waals surface area contributed by atoms with Crippen LogP contribution in [0.2, 0.25) is 0 Å². The zero-order chi connectivity index (χ0) is 21.5. The summed E-state index contributed by atoms with van der Waals surface area (Å²) >= 11 is 0. The predicted molar refractivity (Wildman–Crippen MR) is 112 cm³/mol. The minimum atomic E-state index is -0.427. The lowest BCUT2D eigenvalue weighted by molar-refractivity contribution is -0.0393. The zero-order valence-corrected chi connectivity index (χ0v) is 17.2. The Morgan fingerprint density at radius 2 is 2.16 bits per heavy atom. The zero-order valence-electron chi connectivity index (χ0n) is 17.2. The fourth-order valence-corrected chi connectivity index (χ4v) is 3.17. The van der Waals surface area contributed by atoms with Gasteiger partial charge < -0.3 is 14.2 Å². The molecule has 0 aliphatic carbocycles. The maximum absolute atomic E-state index is 11.6. The molecular weight excluding hydrogens is 396 g/mol. The number of nitrogens with zero attached hydrogens (tertiary/aromatic N) is 4. The molecule has 1 fully saturated rings. The molecule has 0 N–H and O–H groups in total. The van der Waals surface area contributed by atoms with Crippen LogP contribution in [0.15, 0.2) is 48.9 Å². The normalized spacial score (nSPS) is 15.6. The molecule has 1 saturated heterocycles. The van der Waals surface area contributed by atoms with Crippen molar-refractivity contribution in [2.45, 2.75) is 25.5 Å². The van der Waals surface area contributed by atoms with Crippen molar-refractivity contribution in [2.75, 3.05) is 20.3 Å². The molecule has 8 nitrogen and oxygen atoms in total. The van der Waals surface area contributed by atoms with Crippen molar-refractivity contribution in [1.29, 1.82) is 0 Å². The Morgan fingerprint density at radius 3 is 2.94 bits per heavy atom. The number of pyridine rings is 2. The van der Waals surface area contributed by atoms with E-state index in [0.717, 1.165) is 37.3 Å². The number of hydrogen-bond acceptors (Lipinski definition) is 7. The molecule has 4 heterocycles. The van der Waals surface area contributed by atoms with E-state index in [2.05, 4.69) is 31.6 Å². The molecule has 1 aliphatic rings. The third-order valence-electron chi connectivity index (χ3n) is 4.77. The lowest BCUT2D eigenvalue weighted by Crippen LogP contribution is -2.18. The van der Waals surface area contributed by atoms with E-state index in [4.69, 9.17) is 9.47 Å². The van der Waals surface area contributed by atoms with E-state index in [0.29, 0.717) is 17.0 Å². The van der Waals surface area contributed by atoms with Crippen LogP contribution in [0.25, 0.3) is 11.4 Å². The van der Waals surface area contributed by atoms with Crippen LogP contribution in [0.5, 0.6) is 5.75 Å². The van der Waals surface area contributed by atoms with Crippen molar-refractivity contribution in [3.05, 3.63) is 60.2 Å². The number of carbonyl (C=O) groups is 1. The van der Waals surface area contributed by atoms with Crippen LogP contribution >= 0.6 is 0 Å². The van der Waals surface area contributed by atoms with E-state index in [-0.39, 0.29) is 12.8 Å². The molecule has 1 atom stereocenters. The number of hydrogen-bond donors (Lipinski definition) is 0. The average molecular weight is 418 g/mol. The number of carbonyl (C=O) groups excluding carboxylic acids is 1. The van der Waals surface area contributed by atoms with Gasteiger partial charge in [0.05, 0.1) is 24.6 Å². The highest BCUT2D eigenvalue weighted by Gasteiger charge is 2.17. The lowest BCUT2D eigenvalue weighted by atomic mass is 10.2. The van der Waals surface area contributed by atoms with Crippen molar-refractivity contribution in [3.63, 3.8) is 0 Å². The van der Waals surface area contributed by atoms with Gasteiger partial charge in [0, 0.05) is 19.0 Å². The van der Waals surface area contributed by atoms with Gasteiger partial charge in [-0.05, 0) is 55.5 Å². The molecule has 31 heavy (non-hydrogen) atoms. The third kappa shape index (κ3) is 5.27. The summed E-state index contributed by atoms with van der Waals surface area (Å²) in [5.74, 6) is 5.92. The van der Waals surface area contributed by atoms with Crippen molar-refractivity contribution in [3.8, 4) is 29.0 Å². The van der Waals surface area contributed by atoms with Crippen LogP contribution in [0, 0.1) is 11.8 Å². The lowest BCUT2D eigenvalue weighted by Gasteiger charge is -2.22. The highest BCUT2D eigenvalue weighted by molar-refractivity contribution is 5.89. The largest absolute Gasteiger partial charge is 0.479 e. The second-order valence-corrected chi connectivity index (χ2v) is 6.89. The summed E-state index contributed by atoms with van der Waals surface area (Å²) < 4.78 is 17.9. The van der Waals surface area contributed by atoms with Crippen LogP contribution in [0.3, 0.4) is 0 Å². The first kappa shape index (κ1) is 20.6. The van der Waals surface area contributed by atoms with Crippen molar-refractivity contribution in [1.82, 2.24) is 19.7 Å². The van der Waals surface area contributed by atoms with Gasteiger partial charge in [-0.25, -0.2) is 14.5 Å². The molecule has 1 aliphatic heterocycles. The van der Waals surface area contributed by atoms with Gasteiger partial charge in [-0.15, -0.1) is 0 Å². The Bertz CT molecular complexity index is 1090. The van der Waals surface area contributed by atoms with Crippen LogP contribution in [0.4, 0.5) is 0 Å². The minimum absolute atomic E-state index is 0.00600. The topological polar surface area (TPSA) is 88.4 Å². The van der Waals surface area contributed by atoms with Gasteiger partial charge in [-0.1, -0.05) is 5.92 Å². The average Bonchev–Trinajstić information content (AvgIpc) is 3.33. The van der Waals surface area contributed by atoms with E-state index in [1.54, 1.807) is 18.3 Å². The van der Waals surface area contributed by atoms with Gasteiger partial charge in [0.15, 0.2) is 0 Å². The highest BCUT2D eigenvalue weighted by atomic mass is 16.5. The number of methoxy groups -OCH3 is 1. The number of rotatable bonds is 5. The Labute approximate surface area is 180 Å². The van der Waals surface area contributed by atoms with Crippen LogP contribution in [-0.2, 0) is 9.47 Å². The molecule has 4 rings (SSSR count). The second-order valence-electron chi connectivity index (χ2n) is 6.89. The molecular formula is C23H22N4O4. The first-order valence-corrected chi connectivity index (χ1v) is 10.0. The summed E-state index contributed by atoms with van der Waals surface area (Å²) in [5.41, 5.74) is 2.42. The van der Waals surface area contributed by atoms with E-state index in [9.17, 15) is 4.79 Å². The smallest absolute Gasteiger partial charge is 0.338 e. The second kappa shape index (κ2) is 9.87. The van der Waals surface area contributed by atoms with Crippen LogP contribution in [0.1, 0.15) is 41.5 Å². The van der Waals surface area contributed by atoms with Gasteiger partial charge in [-0.3, -0.25) is 4.98 Å². The monoisotopic (exact) mass is 418 g/mol. The fraction of sp³-hybridized carbons (Fsp3) is 0.304. The van der Waals surface area contributed by atoms with E-state index < -0.39 is 5.97 Å². The van der Waals surface area contributed by atoms with E-state index >= 15 is 0 Å². The number of ether oxygens (including phenoxy) is 3. The molecule has 3 aromatic rings. The molecule has 3 aromatic heterocycles. The van der Waals surface area contributed by atoms with Crippen molar-refractivity contribution >= 4 is 5.97 Å². The molecule has 158 valence electrons. The summed E-state index contributed by atoms with van der Waals surface area (Å²) in [5, 5.41) is 4.59. The summed E-state index contributed by atoms with van der Waals surface area (Å²) in [4.78, 5) is 20.1. The van der Waals surface area contributed by atoms with Crippen molar-refractivity contribution in [2.24, 2.45) is 0 Å². The van der Waals surface area contributed by atoms with Crippen LogP contribution in [-0.4, -0.2) is 46.0 Å². The first-order valence-electron chi connectivity index (χ1n) is 10.0. The molecule has 8 heteroatoms. The Morgan fingerprint density at radius 1 is 1.23 bits per heavy atom. The summed E-state index contributed by atoms with van der Waals surface area (Å²) in [6.07, 6.45) is 8.33. The quantitative estimate of drug-likeness (QED) is 0.464. The third-order valence-corrected chi connectivity index (χ3v) is 4.77.